The molecule has 1 amide bonds. The number of hydrogen-bond donors (Lipinski definition) is 12. The number of rotatable bonds is 14. The largest absolute Gasteiger partial charge is 0.477 e. The van der Waals surface area contributed by atoms with Gasteiger partial charge < -0.3 is 76.1 Å². The monoisotopic (exact) mass is 772 g/mol. The Hall–Kier alpha value is -2.71. The normalized spacial score (nSPS) is 39.0. The SMILES string of the molecule is CCC1O[C@@H](CC(=O)NC[C@@H](O)[C@@H](O)C2OC(OP(=O)(O)OCC3OC(n4ccc(N)nc4=O)C(O)C3O)(C(=O)O)CC(O)C2C)C(O)[C@@H](O)[C@@H]1O. The van der Waals surface area contributed by atoms with E-state index in [1.807, 2.05) is 0 Å². The van der Waals surface area contributed by atoms with Gasteiger partial charge in [0.15, 0.2) is 6.23 Å². The van der Waals surface area contributed by atoms with Crippen LogP contribution in [0.2, 0.25) is 0 Å². The summed E-state index contributed by atoms with van der Waals surface area (Å²) >= 11 is 0. The van der Waals surface area contributed by atoms with Crippen molar-refractivity contribution in [3.8, 4) is 0 Å². The number of amides is 1. The Kier molecular flexibility index (Phi) is 13.5. The van der Waals surface area contributed by atoms with Crippen LogP contribution in [0.25, 0.3) is 0 Å². The van der Waals surface area contributed by atoms with Crippen molar-refractivity contribution in [1.29, 1.82) is 0 Å². The fraction of sp³-hybridized carbons (Fsp3) is 0.786. The van der Waals surface area contributed by atoms with Crippen LogP contribution in [-0.2, 0) is 37.4 Å². The lowest BCUT2D eigenvalue weighted by atomic mass is 9.84. The molecule has 1 aromatic rings. The van der Waals surface area contributed by atoms with Crippen LogP contribution in [-0.4, -0.2) is 164 Å². The first-order valence-electron chi connectivity index (χ1n) is 16.2. The summed E-state index contributed by atoms with van der Waals surface area (Å²) in [6.45, 7) is 1.25. The maximum atomic E-state index is 13.0. The number of carbonyl (C=O) groups is 2. The van der Waals surface area contributed by atoms with Gasteiger partial charge in [0.2, 0.25) is 5.91 Å². The molecule has 23 nitrogen and oxygen atoms in total. The molecule has 3 saturated heterocycles. The van der Waals surface area contributed by atoms with E-state index in [2.05, 4.69) is 10.3 Å². The molecule has 3 aliphatic heterocycles. The van der Waals surface area contributed by atoms with Crippen molar-refractivity contribution in [1.82, 2.24) is 14.9 Å². The van der Waals surface area contributed by atoms with Crippen molar-refractivity contribution in [3.63, 3.8) is 0 Å². The van der Waals surface area contributed by atoms with Crippen LogP contribution < -0.4 is 16.7 Å². The molecule has 16 atom stereocenters. The minimum atomic E-state index is -5.53. The Balaban J connectivity index is 1.38. The lowest BCUT2D eigenvalue weighted by Crippen LogP contribution is -2.61. The summed E-state index contributed by atoms with van der Waals surface area (Å²) in [5, 5.41) is 95.7. The highest BCUT2D eigenvalue weighted by Crippen LogP contribution is 2.52. The molecule has 3 fully saturated rings. The van der Waals surface area contributed by atoms with Gasteiger partial charge in [0.25, 0.3) is 5.79 Å². The number of anilines is 1. The molecule has 11 unspecified atom stereocenters. The van der Waals surface area contributed by atoms with Crippen LogP contribution in [0.1, 0.15) is 39.3 Å². The number of nitrogens with one attached hydrogen (secondary N) is 1. The number of ether oxygens (including phenoxy) is 3. The van der Waals surface area contributed by atoms with E-state index < -0.39 is 143 Å². The van der Waals surface area contributed by atoms with E-state index in [0.29, 0.717) is 0 Å². The van der Waals surface area contributed by atoms with E-state index >= 15 is 0 Å². The second kappa shape index (κ2) is 16.8. The molecular formula is C28H45N4O19P. The van der Waals surface area contributed by atoms with Crippen LogP contribution in [0.15, 0.2) is 17.1 Å². The second-order valence-electron chi connectivity index (χ2n) is 12.9. The number of carboxylic acid groups (broad SMARTS) is 1. The number of nitrogens with zero attached hydrogens (tertiary/aromatic N) is 2. The van der Waals surface area contributed by atoms with E-state index in [1.165, 1.54) is 13.0 Å². The Bertz CT molecular complexity index is 1520. The number of aromatic nitrogens is 2. The smallest absolute Gasteiger partial charge is 0.475 e. The summed E-state index contributed by atoms with van der Waals surface area (Å²) in [6, 6.07) is 1.20. The number of aliphatic carboxylic acids is 1. The van der Waals surface area contributed by atoms with Crippen LogP contribution in [0.3, 0.4) is 0 Å². The number of carbonyl (C=O) groups excluding carboxylic acids is 1. The standard InChI is InChI=1S/C28H45N4O19P/c1-3-13-19(37)22(40)20(38)14(48-13)6-17(35)30-8-12(34)18(36)24-10(2)11(33)7-28(50-24,26(42)43)51-52(45,46)47-9-15-21(39)23(41)25(49-15)32-5-4-16(29)31-27(32)44/h4-5,10-15,18-25,33-34,36-41H,3,6-9H2,1-2H3,(H,30,35)(H,42,43)(H,45,46)(H2,29,31,44)/t10?,11?,12-,13?,14+,15?,18-,19-,20?,21?,22+,23?,24?,25?,28?/m1/s1. The number of nitrogen functional groups attached to an aromatic ring is 1. The molecule has 0 aromatic carbocycles. The second-order valence-corrected chi connectivity index (χ2v) is 14.3. The van der Waals surface area contributed by atoms with Gasteiger partial charge in [-0.3, -0.25) is 13.9 Å². The number of phosphoric acid groups is 1. The minimum Gasteiger partial charge on any atom is -0.477 e. The quantitative estimate of drug-likeness (QED) is 0.0785. The van der Waals surface area contributed by atoms with Gasteiger partial charge in [-0.05, 0) is 12.5 Å². The van der Waals surface area contributed by atoms with Crippen molar-refractivity contribution in [2.75, 3.05) is 18.9 Å². The molecule has 24 heteroatoms. The van der Waals surface area contributed by atoms with Crippen molar-refractivity contribution in [2.45, 2.75) is 118 Å². The lowest BCUT2D eigenvalue weighted by Gasteiger charge is -2.45. The highest BCUT2D eigenvalue weighted by molar-refractivity contribution is 7.47. The number of phosphoric ester groups is 1. The third-order valence-electron chi connectivity index (χ3n) is 9.22. The molecule has 1 aromatic heterocycles. The van der Waals surface area contributed by atoms with Gasteiger partial charge in [-0.15, -0.1) is 0 Å². The molecule has 296 valence electrons. The number of aliphatic hydroxyl groups excluding tert-OH is 8. The van der Waals surface area contributed by atoms with E-state index in [0.717, 1.165) is 10.8 Å². The zero-order chi connectivity index (χ0) is 38.9. The molecule has 0 aliphatic carbocycles. The average molecular weight is 773 g/mol. The number of aliphatic hydroxyl groups is 8. The molecular weight excluding hydrogens is 727 g/mol. The maximum absolute atomic E-state index is 13.0. The maximum Gasteiger partial charge on any atom is 0.475 e. The van der Waals surface area contributed by atoms with Crippen molar-refractivity contribution >= 4 is 25.5 Å². The topological polar surface area (TPSA) is 373 Å². The first kappa shape index (κ1) is 42.0. The van der Waals surface area contributed by atoms with E-state index in [9.17, 15) is 69.8 Å². The molecule has 0 bridgehead atoms. The summed E-state index contributed by atoms with van der Waals surface area (Å²) < 4.78 is 39.9. The number of carboxylic acids is 1. The van der Waals surface area contributed by atoms with Gasteiger partial charge >= 0.3 is 19.5 Å². The molecule has 0 saturated carbocycles. The van der Waals surface area contributed by atoms with Gasteiger partial charge in [0, 0.05) is 25.1 Å². The van der Waals surface area contributed by atoms with Crippen LogP contribution in [0.4, 0.5) is 5.82 Å². The first-order chi connectivity index (χ1) is 24.2. The Morgan fingerprint density at radius 3 is 2.33 bits per heavy atom. The van der Waals surface area contributed by atoms with Gasteiger partial charge in [-0.2, -0.15) is 4.98 Å². The van der Waals surface area contributed by atoms with E-state index in [4.69, 9.17) is 29.0 Å². The third kappa shape index (κ3) is 9.14. The Morgan fingerprint density at radius 1 is 1.08 bits per heavy atom. The summed E-state index contributed by atoms with van der Waals surface area (Å²) in [6.07, 6.45) is -21.0. The van der Waals surface area contributed by atoms with Crippen molar-refractivity contribution < 1.29 is 88.3 Å². The molecule has 0 radical (unpaired) electrons. The lowest BCUT2D eigenvalue weighted by molar-refractivity contribution is -0.295. The summed E-state index contributed by atoms with van der Waals surface area (Å²) in [4.78, 5) is 51.1. The molecule has 4 heterocycles. The molecule has 0 spiro atoms. The van der Waals surface area contributed by atoms with Crippen LogP contribution in [0, 0.1) is 5.92 Å². The first-order valence-corrected chi connectivity index (χ1v) is 17.7. The minimum absolute atomic E-state index is 0.141. The van der Waals surface area contributed by atoms with Gasteiger partial charge in [-0.1, -0.05) is 13.8 Å². The van der Waals surface area contributed by atoms with Crippen molar-refractivity contribution in [2.24, 2.45) is 5.92 Å². The zero-order valence-electron chi connectivity index (χ0n) is 27.8. The Labute approximate surface area is 294 Å². The predicted molar refractivity (Wildman–Crippen MR) is 167 cm³/mol. The number of hydrogen-bond acceptors (Lipinski definition) is 19. The highest BCUT2D eigenvalue weighted by atomic mass is 31.2. The van der Waals surface area contributed by atoms with Crippen molar-refractivity contribution in [3.05, 3.63) is 22.7 Å². The van der Waals surface area contributed by atoms with E-state index in [-0.39, 0.29) is 12.2 Å². The molecule has 4 rings (SSSR count). The molecule has 13 N–H and O–H groups in total. The Morgan fingerprint density at radius 2 is 1.71 bits per heavy atom. The number of nitrogens with two attached hydrogens (primary N) is 1. The summed E-state index contributed by atoms with van der Waals surface area (Å²) in [5.74, 6) is -7.31. The fourth-order valence-electron chi connectivity index (χ4n) is 6.12. The highest BCUT2D eigenvalue weighted by Gasteiger charge is 2.58. The third-order valence-corrected chi connectivity index (χ3v) is 10.2. The summed E-state index contributed by atoms with van der Waals surface area (Å²) in [5.41, 5.74) is 4.49. The fourth-order valence-corrected chi connectivity index (χ4v) is 7.07. The van der Waals surface area contributed by atoms with Crippen LogP contribution in [0.5, 0.6) is 0 Å². The van der Waals surface area contributed by atoms with Gasteiger partial charge in [0.05, 0.1) is 43.5 Å². The molecule has 3 aliphatic rings. The predicted octanol–water partition coefficient (Wildman–Crippen LogP) is -5.37. The van der Waals surface area contributed by atoms with E-state index in [1.54, 1.807) is 6.92 Å². The zero-order valence-corrected chi connectivity index (χ0v) is 28.7. The molecule has 52 heavy (non-hydrogen) atoms. The summed E-state index contributed by atoms with van der Waals surface area (Å²) in [7, 11) is -5.53. The van der Waals surface area contributed by atoms with Gasteiger partial charge in [0.1, 0.15) is 48.5 Å². The average Bonchev–Trinajstić information content (AvgIpc) is 3.36. The van der Waals surface area contributed by atoms with Gasteiger partial charge in [-0.25, -0.2) is 18.7 Å². The van der Waals surface area contributed by atoms with Crippen LogP contribution >= 0.6 is 7.82 Å².